The Hall–Kier alpha value is -1.62. The predicted octanol–water partition coefficient (Wildman–Crippen LogP) is 2.32. The molecule has 5 heteroatoms. The second-order valence-corrected chi connectivity index (χ2v) is 5.67. The lowest BCUT2D eigenvalue weighted by Crippen LogP contribution is -2.54. The van der Waals surface area contributed by atoms with E-state index >= 15 is 0 Å². The van der Waals surface area contributed by atoms with Gasteiger partial charge in [0.2, 0.25) is 0 Å². The number of amides is 1. The smallest absolute Gasteiger partial charge is 0.263 e. The normalized spacial score (nSPS) is 21.7. The molecule has 1 saturated heterocycles. The second-order valence-electron chi connectivity index (χ2n) is 5.67. The summed E-state index contributed by atoms with van der Waals surface area (Å²) in [6, 6.07) is 5.71. The summed E-state index contributed by atoms with van der Waals surface area (Å²) >= 11 is 0. The molecule has 2 rings (SSSR count). The van der Waals surface area contributed by atoms with Crippen molar-refractivity contribution in [2.45, 2.75) is 51.3 Å². The molecule has 3 unspecified atom stereocenters. The largest absolute Gasteiger partial charge is 0.481 e. The minimum Gasteiger partial charge on any atom is -0.481 e. The Bertz CT molecular complexity index is 476. The van der Waals surface area contributed by atoms with Crippen LogP contribution in [-0.4, -0.2) is 35.5 Å². The van der Waals surface area contributed by atoms with Crippen molar-refractivity contribution in [3.63, 3.8) is 0 Å². The van der Waals surface area contributed by atoms with Crippen LogP contribution in [0, 0.1) is 5.82 Å². The SMILES string of the molecule is CC(Oc1ccc(F)cc1)C(=O)N1CCCCC1C(C)N. The van der Waals surface area contributed by atoms with E-state index in [-0.39, 0.29) is 23.8 Å². The number of hydrogen-bond donors (Lipinski definition) is 1. The molecule has 0 saturated carbocycles. The third-order valence-corrected chi connectivity index (χ3v) is 3.91. The molecule has 1 aliphatic heterocycles. The molecule has 3 atom stereocenters. The lowest BCUT2D eigenvalue weighted by atomic mass is 9.96. The number of carbonyl (C=O) groups is 1. The molecule has 0 aromatic heterocycles. The zero-order valence-electron chi connectivity index (χ0n) is 12.6. The highest BCUT2D eigenvalue weighted by molar-refractivity contribution is 5.81. The molecule has 1 heterocycles. The van der Waals surface area contributed by atoms with Crippen molar-refractivity contribution >= 4 is 5.91 Å². The van der Waals surface area contributed by atoms with Gasteiger partial charge in [-0.1, -0.05) is 0 Å². The Morgan fingerprint density at radius 2 is 2.00 bits per heavy atom. The molecule has 2 N–H and O–H groups in total. The van der Waals surface area contributed by atoms with Crippen LogP contribution in [-0.2, 0) is 4.79 Å². The van der Waals surface area contributed by atoms with Crippen LogP contribution < -0.4 is 10.5 Å². The van der Waals surface area contributed by atoms with Crippen molar-refractivity contribution in [1.29, 1.82) is 0 Å². The quantitative estimate of drug-likeness (QED) is 0.927. The average Bonchev–Trinajstić information content (AvgIpc) is 2.48. The lowest BCUT2D eigenvalue weighted by molar-refractivity contribution is -0.142. The molecule has 21 heavy (non-hydrogen) atoms. The number of likely N-dealkylation sites (tertiary alicyclic amines) is 1. The van der Waals surface area contributed by atoms with E-state index in [1.54, 1.807) is 6.92 Å². The van der Waals surface area contributed by atoms with Crippen molar-refractivity contribution in [3.05, 3.63) is 30.1 Å². The Morgan fingerprint density at radius 3 is 2.62 bits per heavy atom. The third kappa shape index (κ3) is 3.94. The maximum atomic E-state index is 12.9. The minimum absolute atomic E-state index is 0.0488. The van der Waals surface area contributed by atoms with Crippen molar-refractivity contribution in [2.24, 2.45) is 5.73 Å². The highest BCUT2D eigenvalue weighted by Gasteiger charge is 2.32. The lowest BCUT2D eigenvalue weighted by Gasteiger charge is -2.39. The Balaban J connectivity index is 2.02. The second kappa shape index (κ2) is 6.89. The number of nitrogens with two attached hydrogens (primary N) is 1. The van der Waals surface area contributed by atoms with Crippen LogP contribution in [0.2, 0.25) is 0 Å². The van der Waals surface area contributed by atoms with Gasteiger partial charge in [-0.15, -0.1) is 0 Å². The van der Waals surface area contributed by atoms with Gasteiger partial charge in [0.05, 0.1) is 0 Å². The standard InChI is InChI=1S/C16H23FN2O2/c1-11(18)15-5-3-4-10-19(15)16(20)12(2)21-14-8-6-13(17)7-9-14/h6-9,11-12,15H,3-5,10,18H2,1-2H3. The first-order chi connectivity index (χ1) is 9.99. The molecule has 0 bridgehead atoms. The molecule has 1 aliphatic rings. The number of hydrogen-bond acceptors (Lipinski definition) is 3. The molecule has 1 fully saturated rings. The van der Waals surface area contributed by atoms with E-state index in [1.165, 1.54) is 24.3 Å². The van der Waals surface area contributed by atoms with Gasteiger partial charge >= 0.3 is 0 Å². The minimum atomic E-state index is -0.602. The molecule has 1 aromatic rings. The molecular weight excluding hydrogens is 271 g/mol. The van der Waals surface area contributed by atoms with Crippen molar-refractivity contribution in [1.82, 2.24) is 4.90 Å². The molecule has 4 nitrogen and oxygen atoms in total. The van der Waals surface area contributed by atoms with Crippen molar-refractivity contribution < 1.29 is 13.9 Å². The highest BCUT2D eigenvalue weighted by Crippen LogP contribution is 2.21. The average molecular weight is 294 g/mol. The fraction of sp³-hybridized carbons (Fsp3) is 0.562. The maximum Gasteiger partial charge on any atom is 0.263 e. The van der Waals surface area contributed by atoms with Gasteiger partial charge in [0, 0.05) is 18.6 Å². The van der Waals surface area contributed by atoms with Gasteiger partial charge in [-0.3, -0.25) is 4.79 Å². The zero-order chi connectivity index (χ0) is 15.4. The van der Waals surface area contributed by atoms with Crippen LogP contribution in [0.5, 0.6) is 5.75 Å². The molecular formula is C16H23FN2O2. The van der Waals surface area contributed by atoms with Crippen LogP contribution in [0.4, 0.5) is 4.39 Å². The number of halogens is 1. The van der Waals surface area contributed by atoms with E-state index in [4.69, 9.17) is 10.5 Å². The van der Waals surface area contributed by atoms with Gasteiger partial charge in [0.1, 0.15) is 11.6 Å². The van der Waals surface area contributed by atoms with Gasteiger partial charge in [-0.2, -0.15) is 0 Å². The number of benzene rings is 1. The van der Waals surface area contributed by atoms with Gasteiger partial charge < -0.3 is 15.4 Å². The van der Waals surface area contributed by atoms with E-state index in [9.17, 15) is 9.18 Å². The summed E-state index contributed by atoms with van der Waals surface area (Å²) < 4.78 is 18.5. The summed E-state index contributed by atoms with van der Waals surface area (Å²) in [6.07, 6.45) is 2.43. The summed E-state index contributed by atoms with van der Waals surface area (Å²) in [5.41, 5.74) is 5.99. The first-order valence-electron chi connectivity index (χ1n) is 7.47. The first-order valence-corrected chi connectivity index (χ1v) is 7.47. The fourth-order valence-electron chi connectivity index (χ4n) is 2.78. The summed E-state index contributed by atoms with van der Waals surface area (Å²) in [4.78, 5) is 14.4. The Kier molecular flexibility index (Phi) is 5.17. The van der Waals surface area contributed by atoms with Crippen LogP contribution >= 0.6 is 0 Å². The molecule has 0 spiro atoms. The summed E-state index contributed by atoms with van der Waals surface area (Å²) in [6.45, 7) is 4.38. The monoisotopic (exact) mass is 294 g/mol. The highest BCUT2D eigenvalue weighted by atomic mass is 19.1. The molecule has 1 amide bonds. The van der Waals surface area contributed by atoms with E-state index in [0.29, 0.717) is 5.75 Å². The van der Waals surface area contributed by atoms with Crippen molar-refractivity contribution in [3.8, 4) is 5.75 Å². The maximum absolute atomic E-state index is 12.9. The topological polar surface area (TPSA) is 55.6 Å². The zero-order valence-corrected chi connectivity index (χ0v) is 12.6. The number of nitrogens with zero attached hydrogens (tertiary/aromatic N) is 1. The molecule has 0 radical (unpaired) electrons. The van der Waals surface area contributed by atoms with Crippen LogP contribution in [0.25, 0.3) is 0 Å². The van der Waals surface area contributed by atoms with E-state index < -0.39 is 6.10 Å². The van der Waals surface area contributed by atoms with E-state index in [1.807, 2.05) is 11.8 Å². The van der Waals surface area contributed by atoms with E-state index in [0.717, 1.165) is 25.8 Å². The fourth-order valence-corrected chi connectivity index (χ4v) is 2.78. The summed E-state index contributed by atoms with van der Waals surface area (Å²) in [5.74, 6) is 0.113. The molecule has 1 aromatic carbocycles. The van der Waals surface area contributed by atoms with Gasteiger partial charge in [0.15, 0.2) is 6.10 Å². The Morgan fingerprint density at radius 1 is 1.33 bits per heavy atom. The van der Waals surface area contributed by atoms with E-state index in [2.05, 4.69) is 0 Å². The number of piperidine rings is 1. The summed E-state index contributed by atoms with van der Waals surface area (Å²) in [5, 5.41) is 0. The third-order valence-electron chi connectivity index (χ3n) is 3.91. The predicted molar refractivity (Wildman–Crippen MR) is 79.5 cm³/mol. The summed E-state index contributed by atoms with van der Waals surface area (Å²) in [7, 11) is 0. The van der Waals surface area contributed by atoms with Gasteiger partial charge in [0.25, 0.3) is 5.91 Å². The number of rotatable bonds is 4. The first kappa shape index (κ1) is 15.8. The van der Waals surface area contributed by atoms with Crippen LogP contribution in [0.15, 0.2) is 24.3 Å². The number of ether oxygens (including phenoxy) is 1. The van der Waals surface area contributed by atoms with Crippen molar-refractivity contribution in [2.75, 3.05) is 6.54 Å². The van der Waals surface area contributed by atoms with Crippen LogP contribution in [0.1, 0.15) is 33.1 Å². The van der Waals surface area contributed by atoms with Crippen LogP contribution in [0.3, 0.4) is 0 Å². The Labute approximate surface area is 125 Å². The van der Waals surface area contributed by atoms with Gasteiger partial charge in [-0.05, 0) is 57.4 Å². The molecule has 116 valence electrons. The molecule has 0 aliphatic carbocycles. The number of carbonyl (C=O) groups excluding carboxylic acids is 1. The van der Waals surface area contributed by atoms with Gasteiger partial charge in [-0.25, -0.2) is 4.39 Å².